The molecule has 3 heterocycles. The molecule has 0 bridgehead atoms. The first kappa shape index (κ1) is 32.5. The molecular weight excluding hydrogens is 552 g/mol. The van der Waals surface area contributed by atoms with Gasteiger partial charge in [-0.2, -0.15) is 26.3 Å². The van der Waals surface area contributed by atoms with Crippen LogP contribution < -0.4 is 5.32 Å². The number of hydrogen-bond acceptors (Lipinski definition) is 6. The normalized spacial score (nSPS) is 20.9. The van der Waals surface area contributed by atoms with Crippen LogP contribution in [0.5, 0.6) is 0 Å². The maximum absolute atomic E-state index is 12.5. The maximum atomic E-state index is 12.5. The minimum Gasteiger partial charge on any atom is -0.475 e. The van der Waals surface area contributed by atoms with E-state index in [1.54, 1.807) is 0 Å². The Morgan fingerprint density at radius 2 is 1.55 bits per heavy atom. The molecule has 2 aliphatic heterocycles. The molecule has 0 saturated carbocycles. The Hall–Kier alpha value is -3.72. The number of carbonyl (C=O) groups excluding carboxylic acids is 1. The average Bonchev–Trinajstić information content (AvgIpc) is 3.25. The molecule has 1 aromatic heterocycles. The maximum Gasteiger partial charge on any atom is 0.490 e. The summed E-state index contributed by atoms with van der Waals surface area (Å²) in [6.45, 7) is 3.47. The summed E-state index contributed by atoms with van der Waals surface area (Å²) in [4.78, 5) is 37.1. The van der Waals surface area contributed by atoms with E-state index in [1.807, 2.05) is 48.7 Å². The van der Waals surface area contributed by atoms with Crippen LogP contribution >= 0.6 is 0 Å². The van der Waals surface area contributed by atoms with Crippen molar-refractivity contribution in [2.24, 2.45) is 0 Å². The van der Waals surface area contributed by atoms with Gasteiger partial charge in [-0.25, -0.2) is 9.59 Å². The quantitative estimate of drug-likeness (QED) is 0.466. The number of carboxylic acids is 2. The van der Waals surface area contributed by atoms with E-state index in [0.29, 0.717) is 6.61 Å². The topological polar surface area (TPSA) is 129 Å². The average molecular weight is 579 g/mol. The lowest BCUT2D eigenvalue weighted by Gasteiger charge is -2.38. The largest absolute Gasteiger partial charge is 0.490 e. The standard InChI is InChI=1S/C21H25N3O2.2C2HF3O2/c25-20(17-6-2-1-3-7-17)23-18-9-13-26-21(14-18)10-12-24(16-21)15-19-8-4-5-11-22-19;2*3-2(4,5)1(6)7/h1-8,11,18H,9-10,12-16H2,(H,23,25);2*(H,6,7)/t18-,21-;;/m1../s1. The van der Waals surface area contributed by atoms with E-state index in [1.165, 1.54) is 0 Å². The lowest BCUT2D eigenvalue weighted by molar-refractivity contribution is -0.193. The van der Waals surface area contributed by atoms with Crippen LogP contribution in [0.3, 0.4) is 0 Å². The molecule has 0 aliphatic carbocycles. The van der Waals surface area contributed by atoms with Crippen molar-refractivity contribution in [3.05, 3.63) is 66.0 Å². The van der Waals surface area contributed by atoms with Crippen LogP contribution in [0, 0.1) is 0 Å². The predicted octanol–water partition coefficient (Wildman–Crippen LogP) is 3.90. The van der Waals surface area contributed by atoms with Crippen molar-refractivity contribution in [2.45, 2.75) is 49.8 Å². The molecule has 9 nitrogen and oxygen atoms in total. The summed E-state index contributed by atoms with van der Waals surface area (Å²) in [6, 6.07) is 15.6. The second kappa shape index (κ2) is 14.1. The molecule has 2 atom stereocenters. The number of halogens is 6. The summed E-state index contributed by atoms with van der Waals surface area (Å²) in [5.41, 5.74) is 1.67. The number of aromatic nitrogens is 1. The van der Waals surface area contributed by atoms with E-state index in [-0.39, 0.29) is 17.6 Å². The summed E-state index contributed by atoms with van der Waals surface area (Å²) in [5.74, 6) is -5.50. The first-order chi connectivity index (χ1) is 18.6. The van der Waals surface area contributed by atoms with Crippen LogP contribution in [-0.4, -0.2) is 81.6 Å². The van der Waals surface area contributed by atoms with Crippen LogP contribution in [-0.2, 0) is 20.9 Å². The van der Waals surface area contributed by atoms with Crippen molar-refractivity contribution < 1.29 is 55.7 Å². The lowest BCUT2D eigenvalue weighted by Crippen LogP contribution is -2.49. The van der Waals surface area contributed by atoms with Gasteiger partial charge in [0.2, 0.25) is 0 Å². The van der Waals surface area contributed by atoms with Gasteiger partial charge in [0.1, 0.15) is 0 Å². The smallest absolute Gasteiger partial charge is 0.475 e. The second-order valence-electron chi connectivity index (χ2n) is 8.95. The molecule has 40 heavy (non-hydrogen) atoms. The van der Waals surface area contributed by atoms with Gasteiger partial charge in [-0.3, -0.25) is 14.7 Å². The zero-order valence-electron chi connectivity index (χ0n) is 20.9. The van der Waals surface area contributed by atoms with Crippen LogP contribution in [0.4, 0.5) is 26.3 Å². The van der Waals surface area contributed by atoms with E-state index in [2.05, 4.69) is 21.3 Å². The number of hydrogen-bond donors (Lipinski definition) is 3. The van der Waals surface area contributed by atoms with Crippen molar-refractivity contribution in [1.29, 1.82) is 0 Å². The molecule has 15 heteroatoms. The van der Waals surface area contributed by atoms with Crippen molar-refractivity contribution in [1.82, 2.24) is 15.2 Å². The Kier molecular flexibility index (Phi) is 11.4. The Morgan fingerprint density at radius 1 is 0.975 bits per heavy atom. The number of carboxylic acid groups (broad SMARTS) is 2. The third-order valence-corrected chi connectivity index (χ3v) is 5.86. The van der Waals surface area contributed by atoms with E-state index in [0.717, 1.165) is 50.2 Å². The third kappa shape index (κ3) is 10.8. The molecule has 0 unspecified atom stereocenters. The zero-order chi connectivity index (χ0) is 30.0. The summed E-state index contributed by atoms with van der Waals surface area (Å²) in [5, 5.41) is 17.5. The summed E-state index contributed by atoms with van der Waals surface area (Å²) in [7, 11) is 0. The fourth-order valence-corrected chi connectivity index (χ4v) is 4.08. The van der Waals surface area contributed by atoms with Gasteiger partial charge < -0.3 is 20.3 Å². The van der Waals surface area contributed by atoms with Crippen molar-refractivity contribution >= 4 is 17.8 Å². The Balaban J connectivity index is 0.000000333. The number of nitrogens with one attached hydrogen (secondary N) is 1. The van der Waals surface area contributed by atoms with E-state index in [4.69, 9.17) is 24.5 Å². The van der Waals surface area contributed by atoms with E-state index in [9.17, 15) is 31.1 Å². The van der Waals surface area contributed by atoms with E-state index >= 15 is 0 Å². The van der Waals surface area contributed by atoms with Gasteiger partial charge in [0, 0.05) is 44.0 Å². The second-order valence-corrected chi connectivity index (χ2v) is 8.95. The van der Waals surface area contributed by atoms with Gasteiger partial charge in [0.15, 0.2) is 0 Å². The fourth-order valence-electron chi connectivity index (χ4n) is 4.08. The molecule has 3 N–H and O–H groups in total. The van der Waals surface area contributed by atoms with Gasteiger partial charge in [-0.15, -0.1) is 0 Å². The van der Waals surface area contributed by atoms with Crippen LogP contribution in [0.2, 0.25) is 0 Å². The van der Waals surface area contributed by atoms with Crippen LogP contribution in [0.25, 0.3) is 0 Å². The minimum absolute atomic E-state index is 0.0102. The number of likely N-dealkylation sites (tertiary alicyclic amines) is 1. The number of nitrogens with zero attached hydrogens (tertiary/aromatic N) is 2. The van der Waals surface area contributed by atoms with Crippen molar-refractivity contribution in [2.75, 3.05) is 19.7 Å². The first-order valence-electron chi connectivity index (χ1n) is 11.8. The molecule has 1 spiro atoms. The molecule has 2 fully saturated rings. The number of pyridine rings is 1. The number of carbonyl (C=O) groups is 3. The zero-order valence-corrected chi connectivity index (χ0v) is 20.9. The fraction of sp³-hybridized carbons (Fsp3) is 0.440. The summed E-state index contributed by atoms with van der Waals surface area (Å²) >= 11 is 0. The highest BCUT2D eigenvalue weighted by atomic mass is 19.4. The summed E-state index contributed by atoms with van der Waals surface area (Å²) in [6.07, 6.45) is -5.56. The van der Waals surface area contributed by atoms with Crippen LogP contribution in [0.15, 0.2) is 54.7 Å². The molecular formula is C25H27F6N3O6. The number of ether oxygens (including phenoxy) is 1. The first-order valence-corrected chi connectivity index (χ1v) is 11.8. The number of benzene rings is 1. The van der Waals surface area contributed by atoms with Crippen molar-refractivity contribution in [3.8, 4) is 0 Å². The van der Waals surface area contributed by atoms with Gasteiger partial charge in [-0.1, -0.05) is 24.3 Å². The third-order valence-electron chi connectivity index (χ3n) is 5.86. The van der Waals surface area contributed by atoms with Gasteiger partial charge >= 0.3 is 24.3 Å². The predicted molar refractivity (Wildman–Crippen MR) is 127 cm³/mol. The number of rotatable bonds is 4. The van der Waals surface area contributed by atoms with E-state index < -0.39 is 24.3 Å². The molecule has 220 valence electrons. The molecule has 1 aromatic carbocycles. The molecule has 2 aliphatic rings. The van der Waals surface area contributed by atoms with Gasteiger partial charge in [-0.05, 0) is 43.5 Å². The highest BCUT2D eigenvalue weighted by Crippen LogP contribution is 2.35. The number of aliphatic carboxylic acids is 2. The minimum atomic E-state index is -5.08. The molecule has 4 rings (SSSR count). The van der Waals surface area contributed by atoms with Gasteiger partial charge in [0.25, 0.3) is 5.91 Å². The Bertz CT molecular complexity index is 1090. The Morgan fingerprint density at radius 3 is 2.08 bits per heavy atom. The molecule has 2 aromatic rings. The summed E-state index contributed by atoms with van der Waals surface area (Å²) < 4.78 is 69.7. The monoisotopic (exact) mass is 579 g/mol. The van der Waals surface area contributed by atoms with Gasteiger partial charge in [0.05, 0.1) is 11.3 Å². The number of amides is 1. The highest BCUT2D eigenvalue weighted by molar-refractivity contribution is 5.94. The molecule has 1 amide bonds. The van der Waals surface area contributed by atoms with Crippen molar-refractivity contribution in [3.63, 3.8) is 0 Å². The highest BCUT2D eigenvalue weighted by Gasteiger charge is 2.43. The molecule has 2 saturated heterocycles. The lowest BCUT2D eigenvalue weighted by atomic mass is 9.89. The Labute approximate surface area is 224 Å². The van der Waals surface area contributed by atoms with Crippen LogP contribution in [0.1, 0.15) is 35.3 Å². The molecule has 0 radical (unpaired) electrons. The SMILES string of the molecule is O=C(N[C@@H]1CCO[C@]2(CCN(Cc3ccccn3)C2)C1)c1ccccc1.O=C(O)C(F)(F)F.O=C(O)C(F)(F)F. The number of alkyl halides is 6.